The Hall–Kier alpha value is -3.81. The van der Waals surface area contributed by atoms with E-state index in [0.717, 1.165) is 24.8 Å². The first-order valence-electron chi connectivity index (χ1n) is 12.3. The second-order valence-corrected chi connectivity index (χ2v) is 9.35. The molecule has 36 heavy (non-hydrogen) atoms. The Kier molecular flexibility index (Phi) is 7.62. The standard InChI is InChI=1S/C28H31FN4O3/c1-4-17(2)27(35)32-26-28(36)33(24(15-30-26)21-13-12-20(29)14-18(21)3)16-25(34)31-23-11-7-9-19-8-5-6-10-22(19)23/h5-6,8,10,12-15,17,23H,4,7,9,11,16H2,1-3H3,(H,31,34)(H,30,32,35)/t17-,23-/m1/s1. The van der Waals surface area contributed by atoms with E-state index in [0.29, 0.717) is 23.2 Å². The zero-order chi connectivity index (χ0) is 25.8. The molecule has 0 spiro atoms. The Morgan fingerprint density at radius 1 is 1.22 bits per heavy atom. The highest BCUT2D eigenvalue weighted by Crippen LogP contribution is 2.29. The zero-order valence-corrected chi connectivity index (χ0v) is 20.8. The van der Waals surface area contributed by atoms with E-state index in [1.165, 1.54) is 28.5 Å². The van der Waals surface area contributed by atoms with Crippen LogP contribution >= 0.6 is 0 Å². The molecule has 4 rings (SSSR count). The summed E-state index contributed by atoms with van der Waals surface area (Å²) in [4.78, 5) is 43.3. The maximum absolute atomic E-state index is 13.8. The van der Waals surface area contributed by atoms with Crippen molar-refractivity contribution in [3.8, 4) is 11.3 Å². The fraction of sp³-hybridized carbons (Fsp3) is 0.357. The van der Waals surface area contributed by atoms with Gasteiger partial charge in [-0.1, -0.05) is 38.1 Å². The molecule has 0 fully saturated rings. The highest BCUT2D eigenvalue weighted by molar-refractivity contribution is 5.91. The summed E-state index contributed by atoms with van der Waals surface area (Å²) in [5, 5.41) is 5.67. The third kappa shape index (κ3) is 5.37. The van der Waals surface area contributed by atoms with Gasteiger partial charge in [0.05, 0.1) is 17.9 Å². The van der Waals surface area contributed by atoms with Crippen LogP contribution < -0.4 is 16.2 Å². The molecule has 0 aliphatic heterocycles. The summed E-state index contributed by atoms with van der Waals surface area (Å²) in [6, 6.07) is 12.1. The highest BCUT2D eigenvalue weighted by Gasteiger charge is 2.23. The van der Waals surface area contributed by atoms with Crippen LogP contribution in [0, 0.1) is 18.7 Å². The molecule has 2 atom stereocenters. The smallest absolute Gasteiger partial charge is 0.294 e. The van der Waals surface area contributed by atoms with E-state index >= 15 is 0 Å². The quantitative estimate of drug-likeness (QED) is 0.509. The molecule has 2 amide bonds. The number of nitrogens with one attached hydrogen (secondary N) is 2. The van der Waals surface area contributed by atoms with E-state index in [1.807, 2.05) is 25.1 Å². The second-order valence-electron chi connectivity index (χ2n) is 9.35. The molecular formula is C28H31FN4O3. The number of halogens is 1. The lowest BCUT2D eigenvalue weighted by Gasteiger charge is -2.26. The Morgan fingerprint density at radius 3 is 2.75 bits per heavy atom. The molecule has 2 aromatic carbocycles. The van der Waals surface area contributed by atoms with Crippen molar-refractivity contribution >= 4 is 17.6 Å². The third-order valence-corrected chi connectivity index (χ3v) is 6.83. The van der Waals surface area contributed by atoms with Gasteiger partial charge in [-0.3, -0.25) is 19.0 Å². The van der Waals surface area contributed by atoms with Gasteiger partial charge < -0.3 is 10.6 Å². The summed E-state index contributed by atoms with van der Waals surface area (Å²) in [6.07, 6.45) is 4.80. The van der Waals surface area contributed by atoms with Gasteiger partial charge >= 0.3 is 0 Å². The van der Waals surface area contributed by atoms with E-state index in [-0.39, 0.29) is 36.1 Å². The van der Waals surface area contributed by atoms with E-state index in [4.69, 9.17) is 0 Å². The Balaban J connectivity index is 1.68. The number of anilines is 1. The lowest BCUT2D eigenvalue weighted by Crippen LogP contribution is -2.38. The van der Waals surface area contributed by atoms with Gasteiger partial charge in [0, 0.05) is 11.5 Å². The molecular weight excluding hydrogens is 459 g/mol. The number of hydrogen-bond acceptors (Lipinski definition) is 4. The number of rotatable bonds is 7. The third-order valence-electron chi connectivity index (χ3n) is 6.83. The van der Waals surface area contributed by atoms with Crippen molar-refractivity contribution in [2.75, 3.05) is 5.32 Å². The second kappa shape index (κ2) is 10.8. The largest absolute Gasteiger partial charge is 0.348 e. The van der Waals surface area contributed by atoms with E-state index < -0.39 is 11.4 Å². The predicted octanol–water partition coefficient (Wildman–Crippen LogP) is 4.54. The van der Waals surface area contributed by atoms with Crippen LogP contribution in [0.1, 0.15) is 55.8 Å². The van der Waals surface area contributed by atoms with Crippen molar-refractivity contribution in [1.29, 1.82) is 0 Å². The number of aromatic nitrogens is 2. The summed E-state index contributed by atoms with van der Waals surface area (Å²) < 4.78 is 15.1. The van der Waals surface area contributed by atoms with E-state index in [9.17, 15) is 18.8 Å². The predicted molar refractivity (Wildman–Crippen MR) is 137 cm³/mol. The normalized spacial score (nSPS) is 15.6. The molecule has 0 unspecified atom stereocenters. The van der Waals surface area contributed by atoms with Crippen LogP contribution in [0.5, 0.6) is 0 Å². The molecule has 0 saturated carbocycles. The fourth-order valence-electron chi connectivity index (χ4n) is 4.57. The summed E-state index contributed by atoms with van der Waals surface area (Å²) in [6.45, 7) is 5.10. The average molecular weight is 491 g/mol. The first kappa shape index (κ1) is 25.3. The number of carbonyl (C=O) groups excluding carboxylic acids is 2. The van der Waals surface area contributed by atoms with Gasteiger partial charge in [0.25, 0.3) is 5.56 Å². The van der Waals surface area contributed by atoms with Gasteiger partial charge in [0.2, 0.25) is 11.8 Å². The molecule has 8 heteroatoms. The minimum atomic E-state index is -0.591. The van der Waals surface area contributed by atoms with Crippen LogP contribution in [-0.4, -0.2) is 21.4 Å². The summed E-state index contributed by atoms with van der Waals surface area (Å²) in [5.74, 6) is -1.48. The molecule has 0 bridgehead atoms. The minimum Gasteiger partial charge on any atom is -0.348 e. The van der Waals surface area contributed by atoms with Gasteiger partial charge in [-0.15, -0.1) is 0 Å². The van der Waals surface area contributed by atoms with Gasteiger partial charge in [-0.25, -0.2) is 9.37 Å². The van der Waals surface area contributed by atoms with E-state index in [2.05, 4.69) is 21.7 Å². The van der Waals surface area contributed by atoms with Gasteiger partial charge in [-0.05, 0) is 67.5 Å². The van der Waals surface area contributed by atoms with Crippen molar-refractivity contribution < 1.29 is 14.0 Å². The molecule has 3 aromatic rings. The van der Waals surface area contributed by atoms with Crippen molar-refractivity contribution in [3.05, 3.63) is 81.5 Å². The minimum absolute atomic E-state index is 0.138. The van der Waals surface area contributed by atoms with Crippen LogP contribution in [-0.2, 0) is 22.6 Å². The number of aryl methyl sites for hydroxylation is 2. The number of hydrogen-bond donors (Lipinski definition) is 2. The lowest BCUT2D eigenvalue weighted by atomic mass is 9.88. The number of amides is 2. The van der Waals surface area contributed by atoms with Crippen LogP contribution in [0.2, 0.25) is 0 Å². The summed E-state index contributed by atoms with van der Waals surface area (Å²) >= 11 is 0. The van der Waals surface area contributed by atoms with Gasteiger partial charge in [-0.2, -0.15) is 0 Å². The molecule has 188 valence electrons. The van der Waals surface area contributed by atoms with Crippen molar-refractivity contribution in [1.82, 2.24) is 14.9 Å². The Morgan fingerprint density at radius 2 is 2.00 bits per heavy atom. The Labute approximate surface area is 209 Å². The fourth-order valence-corrected chi connectivity index (χ4v) is 4.57. The SMILES string of the molecule is CC[C@@H](C)C(=O)Nc1ncc(-c2ccc(F)cc2C)n(CC(=O)N[C@@H]2CCCc3ccccc32)c1=O. The summed E-state index contributed by atoms with van der Waals surface area (Å²) in [5.41, 5.74) is 3.27. The number of benzene rings is 2. The topological polar surface area (TPSA) is 93.1 Å². The van der Waals surface area contributed by atoms with Crippen molar-refractivity contribution in [2.24, 2.45) is 5.92 Å². The molecule has 1 heterocycles. The highest BCUT2D eigenvalue weighted by atomic mass is 19.1. The lowest BCUT2D eigenvalue weighted by molar-refractivity contribution is -0.122. The zero-order valence-electron chi connectivity index (χ0n) is 20.8. The molecule has 7 nitrogen and oxygen atoms in total. The van der Waals surface area contributed by atoms with Gasteiger partial charge in [0.1, 0.15) is 12.4 Å². The molecule has 1 aliphatic rings. The van der Waals surface area contributed by atoms with Crippen LogP contribution in [0.25, 0.3) is 11.3 Å². The maximum atomic E-state index is 13.8. The first-order valence-corrected chi connectivity index (χ1v) is 12.3. The molecule has 2 N–H and O–H groups in total. The number of carbonyl (C=O) groups is 2. The maximum Gasteiger partial charge on any atom is 0.294 e. The molecule has 1 aliphatic carbocycles. The van der Waals surface area contributed by atoms with Crippen molar-refractivity contribution in [2.45, 2.75) is 59.0 Å². The average Bonchev–Trinajstić information content (AvgIpc) is 2.86. The number of nitrogens with zero attached hydrogens (tertiary/aromatic N) is 2. The van der Waals surface area contributed by atoms with Crippen LogP contribution in [0.15, 0.2) is 53.5 Å². The molecule has 0 radical (unpaired) electrons. The van der Waals surface area contributed by atoms with E-state index in [1.54, 1.807) is 19.9 Å². The van der Waals surface area contributed by atoms with Gasteiger partial charge in [0.15, 0.2) is 5.82 Å². The molecule has 0 saturated heterocycles. The van der Waals surface area contributed by atoms with Crippen LogP contribution in [0.4, 0.5) is 10.2 Å². The monoisotopic (exact) mass is 490 g/mol. The van der Waals surface area contributed by atoms with Crippen LogP contribution in [0.3, 0.4) is 0 Å². The summed E-state index contributed by atoms with van der Waals surface area (Å²) in [7, 11) is 0. The number of fused-ring (bicyclic) bond motifs is 1. The van der Waals surface area contributed by atoms with Crippen molar-refractivity contribution in [3.63, 3.8) is 0 Å². The first-order chi connectivity index (χ1) is 17.3. The molecule has 1 aromatic heterocycles. The Bertz CT molecular complexity index is 1350.